The number of amides is 1. The predicted molar refractivity (Wildman–Crippen MR) is 100 cm³/mol. The lowest BCUT2D eigenvalue weighted by atomic mass is 10.1. The van der Waals surface area contributed by atoms with E-state index in [9.17, 15) is 18.0 Å². The van der Waals surface area contributed by atoms with Crippen LogP contribution in [0.3, 0.4) is 0 Å². The van der Waals surface area contributed by atoms with E-state index in [0.717, 1.165) is 30.3 Å². The molecule has 1 aromatic carbocycles. The van der Waals surface area contributed by atoms with Gasteiger partial charge in [0.1, 0.15) is 0 Å². The number of halogens is 3. The zero-order chi connectivity index (χ0) is 20.3. The number of hydrogen-bond donors (Lipinski definition) is 1. The zero-order valence-electron chi connectivity index (χ0n) is 15.8. The highest BCUT2D eigenvalue weighted by atomic mass is 19.4. The number of anilines is 2. The van der Waals surface area contributed by atoms with Crippen molar-refractivity contribution >= 4 is 17.5 Å². The Morgan fingerprint density at radius 2 is 1.82 bits per heavy atom. The molecular weight excluding hydrogens is 371 g/mol. The molecule has 9 heteroatoms. The molecule has 1 N–H and O–H groups in total. The van der Waals surface area contributed by atoms with Crippen LogP contribution < -0.4 is 15.1 Å². The summed E-state index contributed by atoms with van der Waals surface area (Å²) in [6, 6.07) is 7.37. The summed E-state index contributed by atoms with van der Waals surface area (Å²) in [5, 5.41) is 2.52. The molecule has 0 atom stereocenters. The molecule has 0 saturated carbocycles. The van der Waals surface area contributed by atoms with Crippen molar-refractivity contribution in [2.24, 2.45) is 0 Å². The van der Waals surface area contributed by atoms with Gasteiger partial charge in [-0.2, -0.15) is 13.2 Å². The van der Waals surface area contributed by atoms with Crippen molar-refractivity contribution in [2.45, 2.75) is 25.6 Å². The summed E-state index contributed by atoms with van der Waals surface area (Å²) in [7, 11) is 3.81. The molecule has 2 heterocycles. The van der Waals surface area contributed by atoms with Gasteiger partial charge in [-0.25, -0.2) is 9.97 Å². The molecule has 0 aliphatic carbocycles. The highest BCUT2D eigenvalue weighted by Gasteiger charge is 2.38. The van der Waals surface area contributed by atoms with E-state index in [2.05, 4.69) is 15.3 Å². The molecular formula is C19H22F3N5O. The van der Waals surface area contributed by atoms with Crippen LogP contribution in [0.1, 0.15) is 34.5 Å². The maximum Gasteiger partial charge on any atom is 0.434 e. The van der Waals surface area contributed by atoms with Crippen molar-refractivity contribution in [3.8, 4) is 0 Å². The highest BCUT2D eigenvalue weighted by molar-refractivity contribution is 5.95. The number of nitrogens with one attached hydrogen (secondary N) is 1. The monoisotopic (exact) mass is 393 g/mol. The number of benzene rings is 1. The van der Waals surface area contributed by atoms with Crippen LogP contribution in [0, 0.1) is 0 Å². The van der Waals surface area contributed by atoms with Crippen molar-refractivity contribution in [2.75, 3.05) is 37.0 Å². The van der Waals surface area contributed by atoms with Crippen LogP contribution in [0.5, 0.6) is 0 Å². The molecule has 2 aromatic rings. The average molecular weight is 393 g/mol. The Hall–Kier alpha value is -2.84. The quantitative estimate of drug-likeness (QED) is 0.846. The van der Waals surface area contributed by atoms with Crippen LogP contribution in [-0.2, 0) is 12.7 Å². The van der Waals surface area contributed by atoms with Gasteiger partial charge in [0, 0.05) is 45.6 Å². The fraction of sp³-hybridized carbons (Fsp3) is 0.421. The molecule has 0 unspecified atom stereocenters. The lowest BCUT2D eigenvalue weighted by Crippen LogP contribution is -2.29. The summed E-state index contributed by atoms with van der Waals surface area (Å²) in [5.41, 5.74) is -0.00679. The minimum atomic E-state index is -4.74. The number of carbonyl (C=O) groups excluding carboxylic acids is 1. The number of nitrogens with zero attached hydrogens (tertiary/aromatic N) is 4. The Labute approximate surface area is 161 Å². The van der Waals surface area contributed by atoms with E-state index in [4.69, 9.17) is 0 Å². The Balaban J connectivity index is 1.76. The van der Waals surface area contributed by atoms with E-state index in [1.165, 1.54) is 0 Å². The topological polar surface area (TPSA) is 61.4 Å². The second-order valence-electron chi connectivity index (χ2n) is 6.87. The third kappa shape index (κ3) is 4.52. The molecule has 1 fully saturated rings. The zero-order valence-corrected chi connectivity index (χ0v) is 15.8. The molecule has 6 nitrogen and oxygen atoms in total. The molecule has 28 heavy (non-hydrogen) atoms. The summed E-state index contributed by atoms with van der Waals surface area (Å²) in [5.74, 6) is -0.836. The number of aromatic nitrogens is 2. The first-order valence-corrected chi connectivity index (χ1v) is 8.99. The van der Waals surface area contributed by atoms with Gasteiger partial charge in [0.05, 0.1) is 5.56 Å². The van der Waals surface area contributed by atoms with Gasteiger partial charge in [0.15, 0.2) is 5.69 Å². The molecule has 150 valence electrons. The standard InChI is InChI=1S/C19H22F3N5O/c1-26(2)14-7-5-13(6-8-14)11-23-17(28)15-12-24-18(27-9-3-4-10-27)25-16(15)19(20,21)22/h5-8,12H,3-4,9-11H2,1-2H3,(H,23,28). The van der Waals surface area contributed by atoms with E-state index in [0.29, 0.717) is 13.1 Å². The van der Waals surface area contributed by atoms with Gasteiger partial charge in [-0.15, -0.1) is 0 Å². The second kappa shape index (κ2) is 8.04. The van der Waals surface area contributed by atoms with Gasteiger partial charge < -0.3 is 15.1 Å². The maximum absolute atomic E-state index is 13.5. The largest absolute Gasteiger partial charge is 0.434 e. The summed E-state index contributed by atoms with van der Waals surface area (Å²) in [6.45, 7) is 1.34. The Bertz CT molecular complexity index is 830. The van der Waals surface area contributed by atoms with E-state index in [-0.39, 0.29) is 12.5 Å². The molecule has 0 spiro atoms. The third-order valence-corrected chi connectivity index (χ3v) is 4.58. The van der Waals surface area contributed by atoms with Crippen LogP contribution in [0.4, 0.5) is 24.8 Å². The molecule has 1 aliphatic heterocycles. The molecule has 0 bridgehead atoms. The van der Waals surface area contributed by atoms with Gasteiger partial charge in [-0.05, 0) is 30.5 Å². The first kappa shape index (κ1) is 19.9. The minimum Gasteiger partial charge on any atom is -0.378 e. The van der Waals surface area contributed by atoms with Crippen LogP contribution in [0.2, 0.25) is 0 Å². The van der Waals surface area contributed by atoms with Crippen LogP contribution in [-0.4, -0.2) is 43.1 Å². The van der Waals surface area contributed by atoms with Crippen molar-refractivity contribution in [1.82, 2.24) is 15.3 Å². The summed E-state index contributed by atoms with van der Waals surface area (Å²) < 4.78 is 40.4. The Morgan fingerprint density at radius 1 is 1.18 bits per heavy atom. The van der Waals surface area contributed by atoms with Gasteiger partial charge in [0.2, 0.25) is 5.95 Å². The second-order valence-corrected chi connectivity index (χ2v) is 6.87. The highest BCUT2D eigenvalue weighted by Crippen LogP contribution is 2.31. The Morgan fingerprint density at radius 3 is 2.39 bits per heavy atom. The number of carbonyl (C=O) groups is 1. The smallest absolute Gasteiger partial charge is 0.378 e. The predicted octanol–water partition coefficient (Wildman–Crippen LogP) is 3.09. The number of hydrogen-bond acceptors (Lipinski definition) is 5. The lowest BCUT2D eigenvalue weighted by molar-refractivity contribution is -0.141. The molecule has 1 aliphatic rings. The van der Waals surface area contributed by atoms with Crippen molar-refractivity contribution in [1.29, 1.82) is 0 Å². The Kier molecular flexibility index (Phi) is 5.71. The normalized spacial score (nSPS) is 14.2. The maximum atomic E-state index is 13.5. The summed E-state index contributed by atoms with van der Waals surface area (Å²) in [6.07, 6.45) is -2.00. The first-order valence-electron chi connectivity index (χ1n) is 8.99. The third-order valence-electron chi connectivity index (χ3n) is 4.58. The van der Waals surface area contributed by atoms with Crippen molar-refractivity contribution < 1.29 is 18.0 Å². The number of alkyl halides is 3. The van der Waals surface area contributed by atoms with Gasteiger partial charge in [-0.1, -0.05) is 12.1 Å². The number of rotatable bonds is 5. The van der Waals surface area contributed by atoms with Gasteiger partial charge in [-0.3, -0.25) is 4.79 Å². The summed E-state index contributed by atoms with van der Waals surface area (Å²) >= 11 is 0. The van der Waals surface area contributed by atoms with Crippen molar-refractivity contribution in [3.63, 3.8) is 0 Å². The lowest BCUT2D eigenvalue weighted by Gasteiger charge is -2.18. The molecule has 0 radical (unpaired) electrons. The van der Waals surface area contributed by atoms with Crippen LogP contribution >= 0.6 is 0 Å². The summed E-state index contributed by atoms with van der Waals surface area (Å²) in [4.78, 5) is 23.7. The van der Waals surface area contributed by atoms with Crippen LogP contribution in [0.25, 0.3) is 0 Å². The average Bonchev–Trinajstić information content (AvgIpc) is 3.20. The fourth-order valence-electron chi connectivity index (χ4n) is 3.01. The van der Waals surface area contributed by atoms with E-state index in [1.807, 2.05) is 43.3 Å². The SMILES string of the molecule is CN(C)c1ccc(CNC(=O)c2cnc(N3CCCC3)nc2C(F)(F)F)cc1. The fourth-order valence-corrected chi connectivity index (χ4v) is 3.01. The van der Waals surface area contributed by atoms with E-state index < -0.39 is 23.3 Å². The molecule has 1 saturated heterocycles. The van der Waals surface area contributed by atoms with Gasteiger partial charge >= 0.3 is 6.18 Å². The van der Waals surface area contributed by atoms with E-state index in [1.54, 1.807) is 4.90 Å². The van der Waals surface area contributed by atoms with Crippen LogP contribution in [0.15, 0.2) is 30.5 Å². The molecule has 1 amide bonds. The van der Waals surface area contributed by atoms with E-state index >= 15 is 0 Å². The van der Waals surface area contributed by atoms with Crippen molar-refractivity contribution in [3.05, 3.63) is 47.3 Å². The molecule has 3 rings (SSSR count). The molecule has 1 aromatic heterocycles. The minimum absolute atomic E-state index is 0.0145. The van der Waals surface area contributed by atoms with Gasteiger partial charge in [0.25, 0.3) is 5.91 Å². The first-order chi connectivity index (χ1) is 13.3.